The molecule has 0 aromatic heterocycles. The van der Waals surface area contributed by atoms with Crippen LogP contribution >= 0.6 is 0 Å². The highest BCUT2D eigenvalue weighted by Crippen LogP contribution is 2.45. The maximum atomic E-state index is 3.69. The third kappa shape index (κ3) is 3.60. The van der Waals surface area contributed by atoms with Crippen LogP contribution in [0.15, 0.2) is 114 Å². The Kier molecular flexibility index (Phi) is 5.22. The molecule has 0 saturated heterocycles. The number of benzene rings is 3. The van der Waals surface area contributed by atoms with Gasteiger partial charge in [-0.25, -0.2) is 0 Å². The topological polar surface area (TPSA) is 15.3 Å². The van der Waals surface area contributed by atoms with Crippen molar-refractivity contribution in [2.24, 2.45) is 0 Å². The number of dihydropyridines is 1. The van der Waals surface area contributed by atoms with Crippen molar-refractivity contribution < 1.29 is 0 Å². The number of fused-ring (bicyclic) bond motifs is 3. The van der Waals surface area contributed by atoms with Crippen molar-refractivity contribution in [2.45, 2.75) is 32.4 Å². The zero-order chi connectivity index (χ0) is 23.1. The number of rotatable bonds is 4. The number of allylic oxidation sites excluding steroid dienone is 4. The first-order chi connectivity index (χ1) is 16.7. The highest BCUT2D eigenvalue weighted by Gasteiger charge is 2.34. The highest BCUT2D eigenvalue weighted by molar-refractivity contribution is 5.79. The van der Waals surface area contributed by atoms with Gasteiger partial charge in [0.25, 0.3) is 0 Å². The van der Waals surface area contributed by atoms with Gasteiger partial charge in [0.1, 0.15) is 0 Å². The van der Waals surface area contributed by atoms with Crippen molar-refractivity contribution in [1.29, 1.82) is 0 Å². The average molecular weight is 443 g/mol. The van der Waals surface area contributed by atoms with Gasteiger partial charge in [0, 0.05) is 29.6 Å². The van der Waals surface area contributed by atoms with E-state index in [0.717, 1.165) is 13.0 Å². The van der Waals surface area contributed by atoms with E-state index in [1.54, 1.807) is 0 Å². The fourth-order valence-electron chi connectivity index (χ4n) is 5.65. The lowest BCUT2D eigenvalue weighted by Crippen LogP contribution is -2.26. The fourth-order valence-corrected chi connectivity index (χ4v) is 5.65. The first kappa shape index (κ1) is 20.8. The lowest BCUT2D eigenvalue weighted by molar-refractivity contribution is 0.339. The molecule has 2 nitrogen and oxygen atoms in total. The Labute approximate surface area is 202 Å². The Bertz CT molecular complexity index is 1360. The normalized spacial score (nSPS) is 20.9. The fraction of sp³-hybridized carbons (Fsp3) is 0.188. The van der Waals surface area contributed by atoms with Gasteiger partial charge < -0.3 is 10.2 Å². The maximum absolute atomic E-state index is 3.69. The summed E-state index contributed by atoms with van der Waals surface area (Å²) in [6, 6.07) is 29.1. The summed E-state index contributed by atoms with van der Waals surface area (Å²) < 4.78 is 0. The molecule has 0 aliphatic carbocycles. The van der Waals surface area contributed by atoms with Crippen LogP contribution in [0, 0.1) is 0 Å². The summed E-state index contributed by atoms with van der Waals surface area (Å²) in [5, 5.41) is 3.69. The van der Waals surface area contributed by atoms with Gasteiger partial charge in [0.15, 0.2) is 0 Å². The van der Waals surface area contributed by atoms with Crippen molar-refractivity contribution in [2.75, 3.05) is 6.54 Å². The molecule has 0 amide bonds. The van der Waals surface area contributed by atoms with Crippen LogP contribution in [0.3, 0.4) is 0 Å². The van der Waals surface area contributed by atoms with Gasteiger partial charge >= 0.3 is 0 Å². The SMILES string of the molecule is CC1=CCN2C(=C1)c1ccccc1[C@@H]2Cc1ccccc1C1C=C(C)C(c2ccccc2)=CN1. The van der Waals surface area contributed by atoms with Gasteiger partial charge in [-0.15, -0.1) is 0 Å². The quantitative estimate of drug-likeness (QED) is 0.459. The summed E-state index contributed by atoms with van der Waals surface area (Å²) in [6.45, 7) is 5.40. The van der Waals surface area contributed by atoms with E-state index >= 15 is 0 Å². The molecule has 0 fully saturated rings. The molecule has 0 saturated carbocycles. The van der Waals surface area contributed by atoms with Crippen molar-refractivity contribution in [1.82, 2.24) is 10.2 Å². The molecule has 168 valence electrons. The molecule has 3 aliphatic rings. The Morgan fingerprint density at radius 3 is 2.41 bits per heavy atom. The Morgan fingerprint density at radius 1 is 0.853 bits per heavy atom. The second kappa shape index (κ2) is 8.53. The molecular formula is C32H30N2. The summed E-state index contributed by atoms with van der Waals surface area (Å²) in [5.74, 6) is 0. The molecule has 1 N–H and O–H groups in total. The van der Waals surface area contributed by atoms with E-state index in [2.05, 4.69) is 127 Å². The zero-order valence-electron chi connectivity index (χ0n) is 19.8. The molecule has 2 heteroatoms. The highest BCUT2D eigenvalue weighted by atomic mass is 15.2. The summed E-state index contributed by atoms with van der Waals surface area (Å²) in [7, 11) is 0. The van der Waals surface area contributed by atoms with Crippen LogP contribution in [0.4, 0.5) is 0 Å². The Hall–Kier alpha value is -3.78. The summed E-state index contributed by atoms with van der Waals surface area (Å²) >= 11 is 0. The lowest BCUT2D eigenvalue weighted by atomic mass is 9.89. The average Bonchev–Trinajstić information content (AvgIpc) is 3.17. The van der Waals surface area contributed by atoms with Crippen molar-refractivity contribution in [3.05, 3.63) is 142 Å². The molecule has 0 spiro atoms. The van der Waals surface area contributed by atoms with E-state index in [1.165, 1.54) is 50.2 Å². The number of nitrogens with one attached hydrogen (secondary N) is 1. The molecule has 2 atom stereocenters. The van der Waals surface area contributed by atoms with Gasteiger partial charge in [-0.05, 0) is 54.2 Å². The van der Waals surface area contributed by atoms with E-state index in [9.17, 15) is 0 Å². The van der Waals surface area contributed by atoms with E-state index in [4.69, 9.17) is 0 Å². The van der Waals surface area contributed by atoms with Crippen molar-refractivity contribution in [3.63, 3.8) is 0 Å². The van der Waals surface area contributed by atoms with Crippen LogP contribution in [0.1, 0.15) is 53.7 Å². The predicted molar refractivity (Wildman–Crippen MR) is 142 cm³/mol. The second-order valence-corrected chi connectivity index (χ2v) is 9.55. The van der Waals surface area contributed by atoms with Gasteiger partial charge in [-0.1, -0.05) is 96.6 Å². The number of hydrogen-bond donors (Lipinski definition) is 1. The summed E-state index contributed by atoms with van der Waals surface area (Å²) in [5.41, 5.74) is 12.2. The van der Waals surface area contributed by atoms with Crippen LogP contribution < -0.4 is 5.32 Å². The zero-order valence-corrected chi connectivity index (χ0v) is 19.8. The minimum atomic E-state index is 0.179. The van der Waals surface area contributed by atoms with Crippen LogP contribution in [-0.4, -0.2) is 11.4 Å². The molecule has 3 aromatic rings. The number of nitrogens with zero attached hydrogens (tertiary/aromatic N) is 1. The van der Waals surface area contributed by atoms with E-state index in [-0.39, 0.29) is 6.04 Å². The third-order valence-electron chi connectivity index (χ3n) is 7.39. The van der Waals surface area contributed by atoms with Crippen LogP contribution in [0.2, 0.25) is 0 Å². The molecule has 34 heavy (non-hydrogen) atoms. The van der Waals surface area contributed by atoms with Crippen LogP contribution in [-0.2, 0) is 6.42 Å². The monoisotopic (exact) mass is 442 g/mol. The molecule has 3 heterocycles. The van der Waals surface area contributed by atoms with Gasteiger partial charge in [-0.3, -0.25) is 0 Å². The first-order valence-electron chi connectivity index (χ1n) is 12.2. The molecule has 3 aliphatic heterocycles. The van der Waals surface area contributed by atoms with E-state index < -0.39 is 0 Å². The summed E-state index contributed by atoms with van der Waals surface area (Å²) in [4.78, 5) is 2.58. The molecule has 0 bridgehead atoms. The molecular weight excluding hydrogens is 412 g/mol. The third-order valence-corrected chi connectivity index (χ3v) is 7.39. The largest absolute Gasteiger partial charge is 0.380 e. The molecule has 0 radical (unpaired) electrons. The second-order valence-electron chi connectivity index (χ2n) is 9.55. The van der Waals surface area contributed by atoms with Crippen LogP contribution in [0.25, 0.3) is 11.3 Å². The van der Waals surface area contributed by atoms with Gasteiger partial charge in [0.2, 0.25) is 0 Å². The minimum absolute atomic E-state index is 0.179. The Balaban J connectivity index is 1.32. The molecule has 3 aromatic carbocycles. The standard InChI is InChI=1S/C32H30N2/c1-22-16-17-34-31(18-22)27-14-8-9-15-28(27)32(34)20-25-12-6-7-13-26(25)30-19-23(2)29(21-33-30)24-10-4-3-5-11-24/h3-16,18-19,21,30,32-33H,17,20H2,1-2H3/t30?,32-/m0/s1. The van der Waals surface area contributed by atoms with Crippen molar-refractivity contribution >= 4 is 11.3 Å². The van der Waals surface area contributed by atoms with Crippen LogP contribution in [0.5, 0.6) is 0 Å². The predicted octanol–water partition coefficient (Wildman–Crippen LogP) is 7.22. The van der Waals surface area contributed by atoms with E-state index in [0.29, 0.717) is 6.04 Å². The van der Waals surface area contributed by atoms with Crippen molar-refractivity contribution in [3.8, 4) is 0 Å². The van der Waals surface area contributed by atoms with Gasteiger partial charge in [-0.2, -0.15) is 0 Å². The lowest BCUT2D eigenvalue weighted by Gasteiger charge is -2.31. The number of hydrogen-bond acceptors (Lipinski definition) is 2. The first-order valence-corrected chi connectivity index (χ1v) is 12.2. The van der Waals surface area contributed by atoms with Gasteiger partial charge in [0.05, 0.1) is 12.1 Å². The van der Waals surface area contributed by atoms with E-state index in [1.807, 2.05) is 0 Å². The molecule has 6 rings (SSSR count). The minimum Gasteiger partial charge on any atom is -0.380 e. The maximum Gasteiger partial charge on any atom is 0.0701 e. The summed E-state index contributed by atoms with van der Waals surface area (Å²) in [6.07, 6.45) is 10.3. The smallest absolute Gasteiger partial charge is 0.0701 e. The Morgan fingerprint density at radius 2 is 1.59 bits per heavy atom. The molecule has 1 unspecified atom stereocenters.